The topological polar surface area (TPSA) is 86.8 Å². The molecule has 0 bridgehead atoms. The van der Waals surface area contributed by atoms with Crippen molar-refractivity contribution in [2.75, 3.05) is 17.1 Å². The molecule has 11 heteroatoms. The van der Waals surface area contributed by atoms with E-state index in [1.54, 1.807) is 0 Å². The van der Waals surface area contributed by atoms with Gasteiger partial charge in [0.05, 0.1) is 27.0 Å². The van der Waals surface area contributed by atoms with Crippen LogP contribution in [0.15, 0.2) is 72.8 Å². The summed E-state index contributed by atoms with van der Waals surface area (Å²) in [6.45, 7) is 3.32. The third-order valence-electron chi connectivity index (χ3n) is 6.41. The molecular weight excluding hydrogens is 593 g/mol. The number of amides is 2. The third kappa shape index (κ3) is 8.61. The molecule has 7 nitrogen and oxygen atoms in total. The second kappa shape index (κ2) is 14.2. The summed E-state index contributed by atoms with van der Waals surface area (Å²) in [5.74, 6) is -0.919. The van der Waals surface area contributed by atoms with E-state index >= 15 is 0 Å². The predicted molar refractivity (Wildman–Crippen MR) is 162 cm³/mol. The molecule has 1 N–H and O–H groups in total. The van der Waals surface area contributed by atoms with Gasteiger partial charge in [0.15, 0.2) is 0 Å². The molecule has 0 aliphatic carbocycles. The van der Waals surface area contributed by atoms with Gasteiger partial charge in [-0.3, -0.25) is 13.9 Å². The minimum atomic E-state index is -4.00. The maximum Gasteiger partial charge on any atom is 0.244 e. The van der Waals surface area contributed by atoms with Crippen LogP contribution in [0.5, 0.6) is 0 Å². The van der Waals surface area contributed by atoms with Gasteiger partial charge in [-0.25, -0.2) is 8.42 Å². The first-order valence-electron chi connectivity index (χ1n) is 12.7. The second-order valence-corrected chi connectivity index (χ2v) is 12.6. The van der Waals surface area contributed by atoms with Gasteiger partial charge < -0.3 is 10.2 Å². The number of rotatable bonds is 12. The Labute approximate surface area is 251 Å². The van der Waals surface area contributed by atoms with E-state index in [0.717, 1.165) is 21.7 Å². The van der Waals surface area contributed by atoms with Crippen molar-refractivity contribution in [3.8, 4) is 0 Å². The van der Waals surface area contributed by atoms with Crippen molar-refractivity contribution in [3.05, 3.63) is 99.0 Å². The molecule has 214 valence electrons. The van der Waals surface area contributed by atoms with Crippen molar-refractivity contribution in [2.24, 2.45) is 0 Å². The largest absolute Gasteiger partial charge is 0.352 e. The van der Waals surface area contributed by atoms with Gasteiger partial charge in [-0.15, -0.1) is 0 Å². The molecule has 3 aromatic carbocycles. The molecule has 2 atom stereocenters. The molecule has 40 heavy (non-hydrogen) atoms. The van der Waals surface area contributed by atoms with E-state index in [1.165, 1.54) is 17.0 Å². The van der Waals surface area contributed by atoms with Crippen molar-refractivity contribution >= 4 is 62.3 Å². The van der Waals surface area contributed by atoms with Crippen LogP contribution in [0.25, 0.3) is 0 Å². The minimum Gasteiger partial charge on any atom is -0.352 e. The first kappa shape index (κ1) is 31.7. The van der Waals surface area contributed by atoms with E-state index in [-0.39, 0.29) is 45.7 Å². The van der Waals surface area contributed by atoms with Crippen LogP contribution in [-0.4, -0.2) is 50.0 Å². The van der Waals surface area contributed by atoms with Crippen LogP contribution in [-0.2, 0) is 32.6 Å². The average Bonchev–Trinajstić information content (AvgIpc) is 2.91. The molecule has 0 heterocycles. The number of nitrogens with zero attached hydrogens (tertiary/aromatic N) is 2. The fourth-order valence-electron chi connectivity index (χ4n) is 4.07. The van der Waals surface area contributed by atoms with Gasteiger partial charge in [0.25, 0.3) is 0 Å². The van der Waals surface area contributed by atoms with Crippen LogP contribution in [0.3, 0.4) is 0 Å². The quantitative estimate of drug-likeness (QED) is 0.252. The number of halogens is 3. The fourth-order valence-corrected chi connectivity index (χ4v) is 5.62. The number of anilines is 1. The summed E-state index contributed by atoms with van der Waals surface area (Å²) in [5, 5.41) is 3.23. The molecule has 0 unspecified atom stereocenters. The molecule has 0 radical (unpaired) electrons. The lowest BCUT2D eigenvalue weighted by Gasteiger charge is -2.34. The van der Waals surface area contributed by atoms with Gasteiger partial charge in [-0.05, 0) is 36.6 Å². The van der Waals surface area contributed by atoms with Gasteiger partial charge in [0, 0.05) is 19.0 Å². The fraction of sp³-hybridized carbons (Fsp3) is 0.310. The lowest BCUT2D eigenvalue weighted by Crippen LogP contribution is -2.54. The molecule has 3 aromatic rings. The van der Waals surface area contributed by atoms with Gasteiger partial charge in [0.2, 0.25) is 21.8 Å². The Kier molecular flexibility index (Phi) is 11.3. The average molecular weight is 625 g/mol. The number of hydrogen-bond donors (Lipinski definition) is 1. The lowest BCUT2D eigenvalue weighted by molar-refractivity contribution is -0.140. The zero-order chi connectivity index (χ0) is 29.4. The number of carbonyl (C=O) groups is 2. The van der Waals surface area contributed by atoms with Crippen LogP contribution in [0, 0.1) is 0 Å². The summed E-state index contributed by atoms with van der Waals surface area (Å²) in [6.07, 6.45) is 1.90. The smallest absolute Gasteiger partial charge is 0.244 e. The Bertz CT molecular complexity index is 1420. The normalized spacial score (nSPS) is 12.8. The van der Waals surface area contributed by atoms with E-state index in [9.17, 15) is 18.0 Å². The van der Waals surface area contributed by atoms with E-state index in [0.29, 0.717) is 6.42 Å². The maximum absolute atomic E-state index is 14.1. The molecule has 0 aromatic heterocycles. The summed E-state index contributed by atoms with van der Waals surface area (Å²) < 4.78 is 26.7. The number of nitrogens with one attached hydrogen (secondary N) is 1. The highest BCUT2D eigenvalue weighted by molar-refractivity contribution is 7.92. The molecule has 0 saturated carbocycles. The predicted octanol–water partition coefficient (Wildman–Crippen LogP) is 5.97. The standard InChI is InChI=1S/C29H32Cl3N3O4S/c1-4-20(2)33-29(37)27(15-21-11-7-5-8-12-21)34(18-22-13-9-6-10-14-22)28(36)19-35(40(3,38)39)26-17-24(31)23(30)16-25(26)32/h5-14,16-17,20,27H,4,15,18-19H2,1-3H3,(H,33,37)/t20-,27-/m1/s1. The Morgan fingerprint density at radius 1 is 0.875 bits per heavy atom. The SMILES string of the molecule is CC[C@@H](C)NC(=O)[C@@H](Cc1ccccc1)N(Cc1ccccc1)C(=O)CN(c1cc(Cl)c(Cl)cc1Cl)S(C)(=O)=O. The van der Waals surface area contributed by atoms with Gasteiger partial charge >= 0.3 is 0 Å². The number of sulfonamides is 1. The first-order chi connectivity index (χ1) is 18.9. The molecule has 0 fully saturated rings. The second-order valence-electron chi connectivity index (χ2n) is 9.52. The van der Waals surface area contributed by atoms with Gasteiger partial charge in [-0.2, -0.15) is 0 Å². The van der Waals surface area contributed by atoms with Crippen molar-refractivity contribution in [2.45, 2.75) is 45.3 Å². The van der Waals surface area contributed by atoms with Crippen LogP contribution < -0.4 is 9.62 Å². The zero-order valence-corrected chi connectivity index (χ0v) is 25.6. The van der Waals surface area contributed by atoms with Crippen LogP contribution in [0.1, 0.15) is 31.4 Å². The third-order valence-corrected chi connectivity index (χ3v) is 8.56. The monoisotopic (exact) mass is 623 g/mol. The molecule has 0 spiro atoms. The van der Waals surface area contributed by atoms with Crippen LogP contribution in [0.2, 0.25) is 15.1 Å². The lowest BCUT2D eigenvalue weighted by atomic mass is 10.0. The molecule has 2 amide bonds. The van der Waals surface area contributed by atoms with Crippen molar-refractivity contribution in [3.63, 3.8) is 0 Å². The minimum absolute atomic E-state index is 0.00949. The van der Waals surface area contributed by atoms with E-state index in [1.807, 2.05) is 74.5 Å². The summed E-state index contributed by atoms with van der Waals surface area (Å²) in [7, 11) is -4.00. The maximum atomic E-state index is 14.1. The summed E-state index contributed by atoms with van der Waals surface area (Å²) in [4.78, 5) is 29.1. The van der Waals surface area contributed by atoms with Crippen molar-refractivity contribution in [1.29, 1.82) is 0 Å². The Morgan fingerprint density at radius 2 is 1.43 bits per heavy atom. The van der Waals surface area contributed by atoms with E-state index < -0.39 is 28.5 Å². The first-order valence-corrected chi connectivity index (χ1v) is 15.7. The Hall–Kier alpha value is -2.78. The highest BCUT2D eigenvalue weighted by atomic mass is 35.5. The Balaban J connectivity index is 2.08. The highest BCUT2D eigenvalue weighted by Gasteiger charge is 2.34. The molecule has 0 aliphatic rings. The Morgan fingerprint density at radius 3 is 1.98 bits per heavy atom. The van der Waals surface area contributed by atoms with Crippen molar-refractivity contribution < 1.29 is 18.0 Å². The summed E-state index contributed by atoms with van der Waals surface area (Å²) in [5.41, 5.74) is 1.64. The highest BCUT2D eigenvalue weighted by Crippen LogP contribution is 2.35. The summed E-state index contributed by atoms with van der Waals surface area (Å²) in [6, 6.07) is 20.1. The van der Waals surface area contributed by atoms with Crippen LogP contribution >= 0.6 is 34.8 Å². The number of hydrogen-bond acceptors (Lipinski definition) is 4. The molecule has 0 saturated heterocycles. The van der Waals surface area contributed by atoms with Crippen molar-refractivity contribution in [1.82, 2.24) is 10.2 Å². The number of carbonyl (C=O) groups excluding carboxylic acids is 2. The van der Waals surface area contributed by atoms with Gasteiger partial charge in [0.1, 0.15) is 12.6 Å². The van der Waals surface area contributed by atoms with E-state index in [4.69, 9.17) is 34.8 Å². The molecular formula is C29H32Cl3N3O4S. The van der Waals surface area contributed by atoms with Crippen LogP contribution in [0.4, 0.5) is 5.69 Å². The molecule has 3 rings (SSSR count). The zero-order valence-electron chi connectivity index (χ0n) is 22.5. The number of benzene rings is 3. The molecule has 0 aliphatic heterocycles. The van der Waals surface area contributed by atoms with E-state index in [2.05, 4.69) is 5.32 Å². The summed E-state index contributed by atoms with van der Waals surface area (Å²) >= 11 is 18.6. The van der Waals surface area contributed by atoms with Gasteiger partial charge in [-0.1, -0.05) is 102 Å².